The second kappa shape index (κ2) is 10.2. The average Bonchev–Trinajstić information content (AvgIpc) is 3.22. The molecule has 4 rings (SSSR count). The van der Waals surface area contributed by atoms with Crippen LogP contribution in [0.4, 0.5) is 0 Å². The zero-order valence-electron chi connectivity index (χ0n) is 19.7. The Bertz CT molecular complexity index is 1180. The van der Waals surface area contributed by atoms with Gasteiger partial charge in [-0.3, -0.25) is 4.90 Å². The fraction of sp³-hybridized carbons (Fsp3) is 0.296. The van der Waals surface area contributed by atoms with E-state index in [1.54, 1.807) is 17.5 Å². The zero-order valence-corrected chi connectivity index (χ0v) is 20.5. The Balaban J connectivity index is 1.46. The average molecular weight is 459 g/mol. The van der Waals surface area contributed by atoms with Gasteiger partial charge in [0.05, 0.1) is 6.54 Å². The van der Waals surface area contributed by atoms with Crippen LogP contribution in [-0.4, -0.2) is 27.1 Å². The lowest BCUT2D eigenvalue weighted by Gasteiger charge is -2.22. The minimum Gasteiger partial charge on any atom is -0.438 e. The lowest BCUT2D eigenvalue weighted by atomic mass is 9.86. The molecular weight excluding hydrogens is 428 g/mol. The number of hydrogen-bond donors (Lipinski definition) is 0. The smallest absolute Gasteiger partial charge is 0.222 e. The van der Waals surface area contributed by atoms with Crippen LogP contribution in [0.3, 0.4) is 0 Å². The van der Waals surface area contributed by atoms with Crippen LogP contribution in [-0.2, 0) is 24.9 Å². The number of nitrogens with zero attached hydrogens (tertiary/aromatic N) is 4. The molecule has 0 fully saturated rings. The molecular formula is C27H30N4OS. The fourth-order valence-corrected chi connectivity index (χ4v) is 4.65. The maximum atomic E-state index is 6.31. The van der Waals surface area contributed by atoms with Crippen molar-refractivity contribution in [3.05, 3.63) is 99.6 Å². The van der Waals surface area contributed by atoms with E-state index in [1.165, 1.54) is 5.56 Å². The summed E-state index contributed by atoms with van der Waals surface area (Å²) in [6.07, 6.45) is 2.41. The second-order valence-electron chi connectivity index (χ2n) is 9.24. The minimum atomic E-state index is -0.0224. The van der Waals surface area contributed by atoms with Gasteiger partial charge < -0.3 is 4.74 Å². The van der Waals surface area contributed by atoms with Gasteiger partial charge in [0, 0.05) is 30.3 Å². The lowest BCUT2D eigenvalue weighted by molar-refractivity contribution is 0.317. The number of benzene rings is 2. The van der Waals surface area contributed by atoms with Gasteiger partial charge in [-0.2, -0.15) is 0 Å². The van der Waals surface area contributed by atoms with Crippen molar-refractivity contribution in [2.75, 3.05) is 7.05 Å². The molecule has 4 aromatic rings. The highest BCUT2D eigenvalue weighted by atomic mass is 32.1. The Labute approximate surface area is 200 Å². The van der Waals surface area contributed by atoms with Crippen molar-refractivity contribution in [2.24, 2.45) is 0 Å². The van der Waals surface area contributed by atoms with E-state index < -0.39 is 0 Å². The first-order chi connectivity index (χ1) is 15.9. The molecule has 0 saturated carbocycles. The van der Waals surface area contributed by atoms with Gasteiger partial charge in [0.2, 0.25) is 5.88 Å². The highest BCUT2D eigenvalue weighted by molar-refractivity contribution is 7.11. The maximum absolute atomic E-state index is 6.31. The summed E-state index contributed by atoms with van der Waals surface area (Å²) in [5.74, 6) is 1.46. The van der Waals surface area contributed by atoms with Gasteiger partial charge in [0.1, 0.15) is 15.8 Å². The number of rotatable bonds is 8. The Morgan fingerprint density at radius 2 is 1.58 bits per heavy atom. The van der Waals surface area contributed by atoms with E-state index in [0.717, 1.165) is 40.0 Å². The van der Waals surface area contributed by atoms with E-state index in [-0.39, 0.29) is 5.41 Å². The highest BCUT2D eigenvalue weighted by Gasteiger charge is 2.20. The topological polar surface area (TPSA) is 51.1 Å². The molecule has 170 valence electrons. The van der Waals surface area contributed by atoms with Gasteiger partial charge in [-0.1, -0.05) is 86.7 Å². The fourth-order valence-electron chi connectivity index (χ4n) is 3.70. The largest absolute Gasteiger partial charge is 0.438 e. The minimum absolute atomic E-state index is 0.0224. The third-order valence-corrected chi connectivity index (χ3v) is 6.21. The molecule has 0 atom stereocenters. The molecule has 33 heavy (non-hydrogen) atoms. The number of pyridine rings is 1. The number of hydrogen-bond acceptors (Lipinski definition) is 6. The van der Waals surface area contributed by atoms with Crippen LogP contribution in [0.2, 0.25) is 0 Å². The van der Waals surface area contributed by atoms with Crippen LogP contribution in [0.25, 0.3) is 0 Å². The molecule has 2 aromatic carbocycles. The summed E-state index contributed by atoms with van der Waals surface area (Å²) in [4.78, 5) is 6.77. The van der Waals surface area contributed by atoms with Crippen LogP contribution in [0.1, 0.15) is 47.5 Å². The summed E-state index contributed by atoms with van der Waals surface area (Å²) in [6.45, 7) is 8.20. The molecule has 0 unspecified atom stereocenters. The molecule has 0 amide bonds. The van der Waals surface area contributed by atoms with E-state index in [1.807, 2.05) is 36.4 Å². The number of para-hydroxylation sites is 1. The summed E-state index contributed by atoms with van der Waals surface area (Å²) in [5, 5.41) is 10.8. The van der Waals surface area contributed by atoms with Crippen LogP contribution >= 0.6 is 11.3 Å². The summed E-state index contributed by atoms with van der Waals surface area (Å²) in [5.41, 5.74) is 3.42. The summed E-state index contributed by atoms with van der Waals surface area (Å²) >= 11 is 1.64. The molecule has 0 aliphatic rings. The van der Waals surface area contributed by atoms with Crippen molar-refractivity contribution in [1.82, 2.24) is 20.1 Å². The van der Waals surface area contributed by atoms with Crippen LogP contribution in [0, 0.1) is 0 Å². The highest BCUT2D eigenvalue weighted by Crippen LogP contribution is 2.34. The van der Waals surface area contributed by atoms with E-state index in [2.05, 4.69) is 78.2 Å². The second-order valence-corrected chi connectivity index (χ2v) is 10.4. The predicted molar refractivity (Wildman–Crippen MR) is 134 cm³/mol. The molecule has 0 N–H and O–H groups in total. The van der Waals surface area contributed by atoms with E-state index in [9.17, 15) is 0 Å². The monoisotopic (exact) mass is 458 g/mol. The maximum Gasteiger partial charge on any atom is 0.222 e. The molecule has 0 aliphatic carbocycles. The van der Waals surface area contributed by atoms with Crippen molar-refractivity contribution in [1.29, 1.82) is 0 Å². The van der Waals surface area contributed by atoms with Crippen molar-refractivity contribution in [3.63, 3.8) is 0 Å². The number of ether oxygens (including phenoxy) is 1. The van der Waals surface area contributed by atoms with Gasteiger partial charge in [-0.25, -0.2) is 4.98 Å². The summed E-state index contributed by atoms with van der Waals surface area (Å²) < 4.78 is 6.31. The molecule has 0 saturated heterocycles. The van der Waals surface area contributed by atoms with Crippen LogP contribution in [0.15, 0.2) is 72.9 Å². The molecule has 2 aromatic heterocycles. The molecule has 5 nitrogen and oxygen atoms in total. The first kappa shape index (κ1) is 23.1. The normalized spacial score (nSPS) is 11.7. The van der Waals surface area contributed by atoms with E-state index in [4.69, 9.17) is 4.74 Å². The SMILES string of the molecule is CN(Cc1ccccc1)Cc1nnc(Cc2cccnc2Oc2ccccc2C(C)(C)C)s1. The molecule has 0 aliphatic heterocycles. The molecule has 0 radical (unpaired) electrons. The Morgan fingerprint density at radius 3 is 2.36 bits per heavy atom. The van der Waals surface area contributed by atoms with Crippen molar-refractivity contribution >= 4 is 11.3 Å². The van der Waals surface area contributed by atoms with Gasteiger partial charge in [0.15, 0.2) is 0 Å². The van der Waals surface area contributed by atoms with Crippen molar-refractivity contribution < 1.29 is 4.74 Å². The molecule has 0 bridgehead atoms. The molecule has 6 heteroatoms. The quantitative estimate of drug-likeness (QED) is 0.313. The van der Waals surface area contributed by atoms with E-state index >= 15 is 0 Å². The molecule has 2 heterocycles. The van der Waals surface area contributed by atoms with Crippen molar-refractivity contribution in [3.8, 4) is 11.6 Å². The van der Waals surface area contributed by atoms with Gasteiger partial charge in [-0.15, -0.1) is 10.2 Å². The Kier molecular flexibility index (Phi) is 7.16. The van der Waals surface area contributed by atoms with Crippen LogP contribution < -0.4 is 4.74 Å². The third kappa shape index (κ3) is 6.24. The first-order valence-electron chi connectivity index (χ1n) is 11.1. The predicted octanol–water partition coefficient (Wildman–Crippen LogP) is 6.25. The first-order valence-corrected chi connectivity index (χ1v) is 11.9. The number of aromatic nitrogens is 3. The standard InChI is InChI=1S/C27H30N4OS/c1-27(2,3)22-14-8-9-15-23(22)32-26-21(13-10-16-28-26)17-24-29-30-25(33-24)19-31(4)18-20-11-6-5-7-12-20/h5-16H,17-19H2,1-4H3. The summed E-state index contributed by atoms with van der Waals surface area (Å²) in [6, 6.07) is 22.6. The third-order valence-electron chi connectivity index (χ3n) is 5.30. The van der Waals surface area contributed by atoms with Crippen LogP contribution in [0.5, 0.6) is 11.6 Å². The summed E-state index contributed by atoms with van der Waals surface area (Å²) in [7, 11) is 2.10. The Morgan fingerprint density at radius 1 is 0.848 bits per heavy atom. The lowest BCUT2D eigenvalue weighted by Crippen LogP contribution is -2.16. The van der Waals surface area contributed by atoms with Gasteiger partial charge in [-0.05, 0) is 30.2 Å². The van der Waals surface area contributed by atoms with E-state index in [0.29, 0.717) is 12.3 Å². The zero-order chi connectivity index (χ0) is 23.3. The van der Waals surface area contributed by atoms with Gasteiger partial charge in [0.25, 0.3) is 0 Å². The van der Waals surface area contributed by atoms with Gasteiger partial charge >= 0.3 is 0 Å². The molecule has 0 spiro atoms. The van der Waals surface area contributed by atoms with Crippen molar-refractivity contribution in [2.45, 2.75) is 45.7 Å². The Hall–Kier alpha value is -3.09.